The second kappa shape index (κ2) is 7.08. The van der Waals surface area contributed by atoms with Crippen molar-refractivity contribution in [3.63, 3.8) is 0 Å². The monoisotopic (exact) mass is 345 g/mol. The van der Waals surface area contributed by atoms with Gasteiger partial charge in [-0.1, -0.05) is 54.6 Å². The largest absolute Gasteiger partial charge is 0.361 e. The molecule has 1 aliphatic rings. The number of aromatic amines is 1. The summed E-state index contributed by atoms with van der Waals surface area (Å²) < 4.78 is 0. The van der Waals surface area contributed by atoms with Gasteiger partial charge in [0.1, 0.15) is 0 Å². The van der Waals surface area contributed by atoms with Gasteiger partial charge in [0.05, 0.1) is 6.04 Å². The molecule has 2 N–H and O–H groups in total. The third-order valence-electron chi connectivity index (χ3n) is 4.99. The smallest absolute Gasteiger partial charge is 0.318 e. The number of carbonyl (C=O) groups is 1. The van der Waals surface area contributed by atoms with Crippen LogP contribution in [0.2, 0.25) is 0 Å². The van der Waals surface area contributed by atoms with Crippen molar-refractivity contribution in [3.05, 3.63) is 77.5 Å². The molecule has 0 saturated carbocycles. The van der Waals surface area contributed by atoms with Gasteiger partial charge in [0.2, 0.25) is 0 Å². The summed E-state index contributed by atoms with van der Waals surface area (Å²) in [5.41, 5.74) is 4.76. The van der Waals surface area contributed by atoms with Gasteiger partial charge in [0, 0.05) is 30.2 Å². The Balaban J connectivity index is 1.58. The van der Waals surface area contributed by atoms with E-state index in [0.29, 0.717) is 13.1 Å². The molecule has 1 unspecified atom stereocenters. The summed E-state index contributed by atoms with van der Waals surface area (Å²) >= 11 is 0. The number of carbonyl (C=O) groups excluding carboxylic acids is 1. The van der Waals surface area contributed by atoms with E-state index < -0.39 is 0 Å². The third-order valence-corrected chi connectivity index (χ3v) is 4.99. The number of hydrogen-bond donors (Lipinski definition) is 2. The van der Waals surface area contributed by atoms with Crippen LogP contribution in [0.3, 0.4) is 0 Å². The van der Waals surface area contributed by atoms with Crippen LogP contribution >= 0.6 is 0 Å². The fourth-order valence-electron chi connectivity index (χ4n) is 3.70. The Morgan fingerprint density at radius 1 is 1.15 bits per heavy atom. The summed E-state index contributed by atoms with van der Waals surface area (Å²) in [5.74, 6) is 0. The lowest BCUT2D eigenvalue weighted by molar-refractivity contribution is 0.188. The summed E-state index contributed by atoms with van der Waals surface area (Å²) in [6, 6.07) is 16.5. The first-order valence-electron chi connectivity index (χ1n) is 9.14. The van der Waals surface area contributed by atoms with Crippen molar-refractivity contribution in [2.24, 2.45) is 0 Å². The number of H-pyrrole nitrogens is 1. The number of nitrogens with one attached hydrogen (secondary N) is 2. The Bertz CT molecular complexity index is 957. The molecular weight excluding hydrogens is 322 g/mol. The van der Waals surface area contributed by atoms with E-state index >= 15 is 0 Å². The molecule has 0 saturated heterocycles. The van der Waals surface area contributed by atoms with E-state index in [4.69, 9.17) is 0 Å². The van der Waals surface area contributed by atoms with Crippen molar-refractivity contribution < 1.29 is 4.79 Å². The molecule has 4 nitrogen and oxygen atoms in total. The number of fused-ring (bicyclic) bond motifs is 2. The first-order valence-corrected chi connectivity index (χ1v) is 9.14. The van der Waals surface area contributed by atoms with Gasteiger partial charge < -0.3 is 15.2 Å². The molecule has 1 heterocycles. The molecule has 1 aliphatic carbocycles. The van der Waals surface area contributed by atoms with E-state index in [0.717, 1.165) is 11.9 Å². The van der Waals surface area contributed by atoms with Crippen LogP contribution in [0.5, 0.6) is 0 Å². The van der Waals surface area contributed by atoms with Gasteiger partial charge in [-0.05, 0) is 36.1 Å². The van der Waals surface area contributed by atoms with Crippen LogP contribution in [0.1, 0.15) is 29.7 Å². The number of hydrogen-bond acceptors (Lipinski definition) is 1. The second-order valence-corrected chi connectivity index (χ2v) is 6.57. The topological polar surface area (TPSA) is 48.1 Å². The van der Waals surface area contributed by atoms with Crippen LogP contribution in [0.4, 0.5) is 4.79 Å². The van der Waals surface area contributed by atoms with E-state index in [1.807, 2.05) is 30.0 Å². The van der Waals surface area contributed by atoms with Crippen molar-refractivity contribution in [2.45, 2.75) is 19.4 Å². The van der Waals surface area contributed by atoms with Gasteiger partial charge in [0.25, 0.3) is 0 Å². The molecule has 3 aromatic rings. The highest BCUT2D eigenvalue weighted by atomic mass is 16.2. The van der Waals surface area contributed by atoms with E-state index in [1.165, 1.54) is 22.1 Å². The molecule has 2 aromatic carbocycles. The molecule has 4 heteroatoms. The second-order valence-electron chi connectivity index (χ2n) is 6.57. The summed E-state index contributed by atoms with van der Waals surface area (Å²) in [4.78, 5) is 18.0. The zero-order valence-corrected chi connectivity index (χ0v) is 14.9. The molecule has 132 valence electrons. The third kappa shape index (κ3) is 2.99. The Morgan fingerprint density at radius 3 is 2.85 bits per heavy atom. The van der Waals surface area contributed by atoms with Crippen molar-refractivity contribution in [1.82, 2.24) is 15.2 Å². The van der Waals surface area contributed by atoms with Gasteiger partial charge in [-0.25, -0.2) is 4.79 Å². The van der Waals surface area contributed by atoms with Crippen LogP contribution < -0.4 is 5.32 Å². The SMILES string of the molecule is CCNC(=O)N(CCc1c[nH]c2ccccc12)C1C=Cc2ccccc21. The van der Waals surface area contributed by atoms with Crippen LogP contribution in [-0.4, -0.2) is 29.0 Å². The van der Waals surface area contributed by atoms with E-state index in [1.54, 1.807) is 0 Å². The van der Waals surface area contributed by atoms with E-state index in [2.05, 4.69) is 59.0 Å². The lowest BCUT2D eigenvalue weighted by Gasteiger charge is -2.29. The normalized spacial score (nSPS) is 15.2. The van der Waals surface area contributed by atoms with Crippen molar-refractivity contribution >= 4 is 23.0 Å². The number of urea groups is 1. The molecule has 26 heavy (non-hydrogen) atoms. The minimum absolute atomic E-state index is 0.0112. The highest BCUT2D eigenvalue weighted by molar-refractivity contribution is 5.83. The summed E-state index contributed by atoms with van der Waals surface area (Å²) in [6.07, 6.45) is 7.10. The average molecular weight is 345 g/mol. The summed E-state index contributed by atoms with van der Waals surface area (Å²) in [7, 11) is 0. The number of rotatable bonds is 5. The Hall–Kier alpha value is -3.01. The first-order chi connectivity index (χ1) is 12.8. The number of para-hydroxylation sites is 1. The summed E-state index contributed by atoms with van der Waals surface area (Å²) in [6.45, 7) is 3.24. The lowest BCUT2D eigenvalue weighted by Crippen LogP contribution is -2.42. The maximum atomic E-state index is 12.7. The number of nitrogens with zero attached hydrogens (tertiary/aromatic N) is 1. The molecule has 0 bridgehead atoms. The Labute approximate surface area is 153 Å². The van der Waals surface area contributed by atoms with Gasteiger partial charge >= 0.3 is 6.03 Å². The van der Waals surface area contributed by atoms with E-state index in [9.17, 15) is 4.79 Å². The predicted molar refractivity (Wildman–Crippen MR) is 106 cm³/mol. The summed E-state index contributed by atoms with van der Waals surface area (Å²) in [5, 5.41) is 4.19. The molecule has 4 rings (SSSR count). The molecule has 1 aromatic heterocycles. The standard InChI is InChI=1S/C22H23N3O/c1-2-23-22(26)25(21-12-11-16-7-3-4-9-19(16)21)14-13-17-15-24-20-10-6-5-8-18(17)20/h3-12,15,21,24H,2,13-14H2,1H3,(H,23,26). The van der Waals surface area contributed by atoms with E-state index in [-0.39, 0.29) is 12.1 Å². The maximum absolute atomic E-state index is 12.7. The molecule has 2 amide bonds. The highest BCUT2D eigenvalue weighted by Gasteiger charge is 2.27. The number of amides is 2. The first kappa shape index (κ1) is 16.5. The Kier molecular flexibility index (Phi) is 4.48. The molecule has 0 fully saturated rings. The highest BCUT2D eigenvalue weighted by Crippen LogP contribution is 2.33. The van der Waals surface area contributed by atoms with Crippen LogP contribution in [-0.2, 0) is 6.42 Å². The average Bonchev–Trinajstić information content (AvgIpc) is 3.27. The van der Waals surface area contributed by atoms with Gasteiger partial charge in [-0.2, -0.15) is 0 Å². The number of benzene rings is 2. The van der Waals surface area contributed by atoms with Gasteiger partial charge in [0.15, 0.2) is 0 Å². The zero-order valence-electron chi connectivity index (χ0n) is 14.9. The Morgan fingerprint density at radius 2 is 1.96 bits per heavy atom. The van der Waals surface area contributed by atoms with Crippen LogP contribution in [0.25, 0.3) is 17.0 Å². The zero-order chi connectivity index (χ0) is 17.9. The van der Waals surface area contributed by atoms with Crippen molar-refractivity contribution in [2.75, 3.05) is 13.1 Å². The van der Waals surface area contributed by atoms with Crippen LogP contribution in [0, 0.1) is 0 Å². The quantitative estimate of drug-likeness (QED) is 0.702. The molecule has 1 atom stereocenters. The maximum Gasteiger partial charge on any atom is 0.318 e. The van der Waals surface area contributed by atoms with Gasteiger partial charge in [-0.15, -0.1) is 0 Å². The fourth-order valence-corrected chi connectivity index (χ4v) is 3.70. The lowest BCUT2D eigenvalue weighted by atomic mass is 10.0. The minimum Gasteiger partial charge on any atom is -0.361 e. The van der Waals surface area contributed by atoms with Crippen molar-refractivity contribution in [3.8, 4) is 0 Å². The molecule has 0 radical (unpaired) electrons. The predicted octanol–water partition coefficient (Wildman–Crippen LogP) is 4.51. The minimum atomic E-state index is -0.0151. The van der Waals surface area contributed by atoms with Gasteiger partial charge in [-0.3, -0.25) is 0 Å². The molecule has 0 spiro atoms. The number of aromatic nitrogens is 1. The molecule has 0 aliphatic heterocycles. The molecular formula is C22H23N3O. The fraction of sp³-hybridized carbons (Fsp3) is 0.227. The van der Waals surface area contributed by atoms with Crippen molar-refractivity contribution in [1.29, 1.82) is 0 Å². The van der Waals surface area contributed by atoms with Crippen LogP contribution in [0.15, 0.2) is 60.8 Å².